The van der Waals surface area contributed by atoms with Gasteiger partial charge in [-0.2, -0.15) is 5.10 Å². The van der Waals surface area contributed by atoms with Crippen molar-refractivity contribution in [1.29, 1.82) is 0 Å². The number of likely N-dealkylation sites (tertiary alicyclic amines) is 1. The molecule has 3 heterocycles. The molecule has 1 aliphatic rings. The van der Waals surface area contributed by atoms with Crippen LogP contribution in [0.1, 0.15) is 30.3 Å². The second kappa shape index (κ2) is 11.6. The Kier molecular flexibility index (Phi) is 8.32. The van der Waals surface area contributed by atoms with E-state index in [4.69, 9.17) is 32.7 Å². The van der Waals surface area contributed by atoms with Gasteiger partial charge in [0.05, 0.1) is 30.1 Å². The molecule has 0 spiro atoms. The molecular formula is C25H27Cl2N5O4. The van der Waals surface area contributed by atoms with E-state index in [9.17, 15) is 9.59 Å². The van der Waals surface area contributed by atoms with Crippen LogP contribution in [0.2, 0.25) is 10.0 Å². The number of nitrogens with zero attached hydrogens (tertiary/aromatic N) is 3. The van der Waals surface area contributed by atoms with Crippen molar-refractivity contribution in [3.63, 3.8) is 0 Å². The highest BCUT2D eigenvalue weighted by molar-refractivity contribution is 6.33. The fourth-order valence-electron chi connectivity index (χ4n) is 3.97. The number of amides is 2. The zero-order chi connectivity index (χ0) is 25.7. The highest BCUT2D eigenvalue weighted by Crippen LogP contribution is 2.29. The van der Waals surface area contributed by atoms with Crippen molar-refractivity contribution in [3.8, 4) is 22.9 Å². The maximum Gasteiger partial charge on any atom is 0.271 e. The largest absolute Gasteiger partial charge is 0.491 e. The molecule has 2 aromatic heterocycles. The zero-order valence-electron chi connectivity index (χ0n) is 20.0. The van der Waals surface area contributed by atoms with Crippen LogP contribution in [0.3, 0.4) is 0 Å². The lowest BCUT2D eigenvalue weighted by molar-refractivity contribution is -0.127. The average Bonchev–Trinajstić information content (AvgIpc) is 3.38. The second-order valence-electron chi connectivity index (χ2n) is 8.61. The number of methoxy groups -OCH3 is 1. The van der Waals surface area contributed by atoms with E-state index in [0.717, 1.165) is 0 Å². The Labute approximate surface area is 219 Å². The van der Waals surface area contributed by atoms with Gasteiger partial charge in [-0.15, -0.1) is 0 Å². The number of aromatic amines is 1. The van der Waals surface area contributed by atoms with E-state index in [1.165, 1.54) is 13.3 Å². The smallest absolute Gasteiger partial charge is 0.271 e. The summed E-state index contributed by atoms with van der Waals surface area (Å²) in [6, 6.07) is 10.2. The summed E-state index contributed by atoms with van der Waals surface area (Å²) in [4.78, 5) is 31.5. The number of hydrogen-bond acceptors (Lipinski definition) is 6. The number of benzene rings is 1. The zero-order valence-corrected chi connectivity index (χ0v) is 21.5. The summed E-state index contributed by atoms with van der Waals surface area (Å²) < 4.78 is 10.9. The first-order valence-electron chi connectivity index (χ1n) is 11.6. The fraction of sp³-hybridized carbons (Fsp3) is 0.360. The van der Waals surface area contributed by atoms with Gasteiger partial charge < -0.3 is 19.7 Å². The third-order valence-electron chi connectivity index (χ3n) is 5.98. The number of carbonyl (C=O) groups excluding carboxylic acids is 2. The Hall–Kier alpha value is -3.30. The first kappa shape index (κ1) is 25.8. The molecule has 0 aliphatic carbocycles. The van der Waals surface area contributed by atoms with Crippen LogP contribution in [0.25, 0.3) is 11.3 Å². The number of H-pyrrole nitrogens is 1. The molecule has 190 valence electrons. The SMILES string of the molecule is COc1cc(-c2cc(C(=O)N3CCC(C(=O)NC(C)COc4ccc(Cl)cc4)CC3)[nH]n2)c(Cl)cn1. The molecule has 11 heteroatoms. The normalized spacial score (nSPS) is 14.8. The van der Waals surface area contributed by atoms with E-state index in [0.29, 0.717) is 71.2 Å². The lowest BCUT2D eigenvalue weighted by Crippen LogP contribution is -2.46. The van der Waals surface area contributed by atoms with E-state index in [-0.39, 0.29) is 23.8 Å². The van der Waals surface area contributed by atoms with Gasteiger partial charge in [0.25, 0.3) is 5.91 Å². The third kappa shape index (κ3) is 6.27. The Morgan fingerprint density at radius 2 is 1.92 bits per heavy atom. The minimum Gasteiger partial charge on any atom is -0.491 e. The number of halogens is 2. The highest BCUT2D eigenvalue weighted by Gasteiger charge is 2.29. The van der Waals surface area contributed by atoms with E-state index in [2.05, 4.69) is 20.5 Å². The number of rotatable bonds is 8. The standard InChI is InChI=1S/C25H27Cl2N5O4/c1-15(14-36-18-5-3-17(26)4-6-18)29-24(33)16-7-9-32(10-8-16)25(34)22-12-21(30-31-22)19-11-23(35-2)28-13-20(19)27/h3-6,11-13,15-16H,7-10,14H2,1-2H3,(H,29,33)(H,30,31). The van der Waals surface area contributed by atoms with E-state index >= 15 is 0 Å². The van der Waals surface area contributed by atoms with E-state index < -0.39 is 0 Å². The first-order valence-corrected chi connectivity index (χ1v) is 12.3. The second-order valence-corrected chi connectivity index (χ2v) is 9.46. The predicted octanol–water partition coefficient (Wildman–Crippen LogP) is 4.22. The lowest BCUT2D eigenvalue weighted by Gasteiger charge is -2.31. The Bertz CT molecular complexity index is 1210. The van der Waals surface area contributed by atoms with Crippen LogP contribution < -0.4 is 14.8 Å². The number of hydrogen-bond donors (Lipinski definition) is 2. The van der Waals surface area contributed by atoms with Gasteiger partial charge in [-0.1, -0.05) is 23.2 Å². The molecule has 1 aliphatic heterocycles. The molecular weight excluding hydrogens is 505 g/mol. The molecule has 1 atom stereocenters. The summed E-state index contributed by atoms with van der Waals surface area (Å²) in [6.45, 7) is 3.20. The maximum absolute atomic E-state index is 13.0. The summed E-state index contributed by atoms with van der Waals surface area (Å²) in [7, 11) is 1.51. The van der Waals surface area contributed by atoms with Crippen LogP contribution in [0.15, 0.2) is 42.6 Å². The molecule has 0 bridgehead atoms. The predicted molar refractivity (Wildman–Crippen MR) is 137 cm³/mol. The van der Waals surface area contributed by atoms with Gasteiger partial charge in [0.2, 0.25) is 11.8 Å². The summed E-state index contributed by atoms with van der Waals surface area (Å²) >= 11 is 12.1. The number of ether oxygens (including phenoxy) is 2. The molecule has 0 radical (unpaired) electrons. The van der Waals surface area contributed by atoms with Crippen LogP contribution in [0, 0.1) is 5.92 Å². The molecule has 1 fully saturated rings. The summed E-state index contributed by atoms with van der Waals surface area (Å²) in [6.07, 6.45) is 2.64. The van der Waals surface area contributed by atoms with Crippen LogP contribution in [0.4, 0.5) is 0 Å². The Balaban J connectivity index is 1.27. The summed E-state index contributed by atoms with van der Waals surface area (Å²) in [5.74, 6) is 0.734. The maximum atomic E-state index is 13.0. The molecule has 0 saturated carbocycles. The van der Waals surface area contributed by atoms with Gasteiger partial charge in [0.15, 0.2) is 0 Å². The highest BCUT2D eigenvalue weighted by atomic mass is 35.5. The number of aromatic nitrogens is 3. The number of nitrogens with one attached hydrogen (secondary N) is 2. The van der Waals surface area contributed by atoms with Gasteiger partial charge in [-0.05, 0) is 50.1 Å². The van der Waals surface area contributed by atoms with Crippen molar-refractivity contribution in [3.05, 3.63) is 58.3 Å². The lowest BCUT2D eigenvalue weighted by atomic mass is 9.95. The van der Waals surface area contributed by atoms with Crippen molar-refractivity contribution in [2.24, 2.45) is 5.92 Å². The molecule has 3 aromatic rings. The van der Waals surface area contributed by atoms with Gasteiger partial charge >= 0.3 is 0 Å². The topological polar surface area (TPSA) is 109 Å². The molecule has 4 rings (SSSR count). The first-order chi connectivity index (χ1) is 17.3. The van der Waals surface area contributed by atoms with E-state index in [1.807, 2.05) is 6.92 Å². The Morgan fingerprint density at radius 3 is 2.61 bits per heavy atom. The van der Waals surface area contributed by atoms with Gasteiger partial charge in [0, 0.05) is 35.7 Å². The molecule has 2 N–H and O–H groups in total. The van der Waals surface area contributed by atoms with Gasteiger partial charge in [-0.3, -0.25) is 14.7 Å². The Morgan fingerprint density at radius 1 is 1.19 bits per heavy atom. The molecule has 1 unspecified atom stereocenters. The number of piperidine rings is 1. The van der Waals surface area contributed by atoms with E-state index in [1.54, 1.807) is 41.3 Å². The van der Waals surface area contributed by atoms with Crippen molar-refractivity contribution >= 4 is 35.0 Å². The van der Waals surface area contributed by atoms with Crippen molar-refractivity contribution in [2.75, 3.05) is 26.8 Å². The molecule has 2 amide bonds. The molecule has 1 aromatic carbocycles. The van der Waals surface area contributed by atoms with Crippen molar-refractivity contribution in [1.82, 2.24) is 25.4 Å². The fourth-order valence-corrected chi connectivity index (χ4v) is 4.29. The minimum absolute atomic E-state index is 0.0283. The van der Waals surface area contributed by atoms with Crippen molar-refractivity contribution in [2.45, 2.75) is 25.8 Å². The third-order valence-corrected chi connectivity index (χ3v) is 6.53. The minimum atomic E-state index is -0.172. The summed E-state index contributed by atoms with van der Waals surface area (Å²) in [5.41, 5.74) is 1.49. The quantitative estimate of drug-likeness (QED) is 0.450. The average molecular weight is 532 g/mol. The molecule has 9 nitrogen and oxygen atoms in total. The number of pyridine rings is 1. The molecule has 1 saturated heterocycles. The van der Waals surface area contributed by atoms with Crippen molar-refractivity contribution < 1.29 is 19.1 Å². The van der Waals surface area contributed by atoms with Crippen LogP contribution in [-0.4, -0.2) is 64.7 Å². The number of carbonyl (C=O) groups is 2. The van der Waals surface area contributed by atoms with Crippen LogP contribution >= 0.6 is 23.2 Å². The van der Waals surface area contributed by atoms with Gasteiger partial charge in [0.1, 0.15) is 18.1 Å². The van der Waals surface area contributed by atoms with Crippen LogP contribution in [0.5, 0.6) is 11.6 Å². The monoisotopic (exact) mass is 531 g/mol. The molecule has 36 heavy (non-hydrogen) atoms. The van der Waals surface area contributed by atoms with Gasteiger partial charge in [-0.25, -0.2) is 4.98 Å². The van der Waals surface area contributed by atoms with Crippen LogP contribution in [-0.2, 0) is 4.79 Å². The summed E-state index contributed by atoms with van der Waals surface area (Å²) in [5, 5.41) is 11.1.